The molecule has 1 amide bonds. The number of benzene rings is 1. The van der Waals surface area contributed by atoms with E-state index < -0.39 is 5.69 Å². The van der Waals surface area contributed by atoms with Crippen molar-refractivity contribution in [3.63, 3.8) is 0 Å². The molecule has 136 valence electrons. The Labute approximate surface area is 149 Å². The van der Waals surface area contributed by atoms with Crippen LogP contribution in [-0.4, -0.2) is 15.0 Å². The van der Waals surface area contributed by atoms with E-state index >= 15 is 0 Å². The number of nitrogens with zero attached hydrogens (tertiary/aromatic N) is 2. The first kappa shape index (κ1) is 17.7. The Balaban J connectivity index is 2.00. The number of aromatic nitrogens is 2. The van der Waals surface area contributed by atoms with Crippen LogP contribution in [0.25, 0.3) is 10.9 Å². The number of para-hydroxylation sites is 1. The molecule has 0 aliphatic rings. The molecule has 3 aromatic rings. The molecule has 1 atom stereocenters. The summed E-state index contributed by atoms with van der Waals surface area (Å²) in [6, 6.07) is 10.1. The molecule has 0 saturated carbocycles. The summed E-state index contributed by atoms with van der Waals surface area (Å²) >= 11 is 0. The van der Waals surface area contributed by atoms with E-state index in [0.29, 0.717) is 23.1 Å². The summed E-state index contributed by atoms with van der Waals surface area (Å²) < 4.78 is 7.75. The molecule has 0 radical (unpaired) electrons. The van der Waals surface area contributed by atoms with Gasteiger partial charge in [0.25, 0.3) is 5.56 Å². The number of hydrogen-bond acceptors (Lipinski definition) is 4. The first-order valence-electron chi connectivity index (χ1n) is 8.56. The number of nitrogens with one attached hydrogen (secondary N) is 1. The van der Waals surface area contributed by atoms with Crippen molar-refractivity contribution in [3.8, 4) is 0 Å². The Morgan fingerprint density at radius 1 is 1.19 bits per heavy atom. The van der Waals surface area contributed by atoms with E-state index in [-0.39, 0.29) is 30.6 Å². The van der Waals surface area contributed by atoms with Gasteiger partial charge in [-0.1, -0.05) is 19.1 Å². The Morgan fingerprint density at radius 2 is 1.96 bits per heavy atom. The van der Waals surface area contributed by atoms with Crippen molar-refractivity contribution in [1.82, 2.24) is 14.5 Å². The van der Waals surface area contributed by atoms with E-state index in [9.17, 15) is 14.4 Å². The number of amides is 1. The van der Waals surface area contributed by atoms with Crippen LogP contribution in [0, 0.1) is 0 Å². The minimum atomic E-state index is -0.476. The molecule has 0 fully saturated rings. The van der Waals surface area contributed by atoms with Gasteiger partial charge in [0.1, 0.15) is 12.3 Å². The second kappa shape index (κ2) is 7.43. The SMILES string of the molecule is CC[C@H](C)n1c(=O)c2ccccc2n(CC(=O)NCc2ccco2)c1=O. The second-order valence-electron chi connectivity index (χ2n) is 6.17. The molecule has 0 spiro atoms. The zero-order valence-corrected chi connectivity index (χ0v) is 14.8. The number of furan rings is 1. The van der Waals surface area contributed by atoms with Gasteiger partial charge >= 0.3 is 5.69 Å². The van der Waals surface area contributed by atoms with Gasteiger partial charge in [-0.3, -0.25) is 18.7 Å². The van der Waals surface area contributed by atoms with Crippen molar-refractivity contribution >= 4 is 16.8 Å². The van der Waals surface area contributed by atoms with Gasteiger partial charge in [-0.2, -0.15) is 0 Å². The fourth-order valence-electron chi connectivity index (χ4n) is 2.86. The predicted octanol–water partition coefficient (Wildman–Crippen LogP) is 2.04. The van der Waals surface area contributed by atoms with E-state index in [1.165, 1.54) is 15.4 Å². The molecule has 1 N–H and O–H groups in total. The predicted molar refractivity (Wildman–Crippen MR) is 98.0 cm³/mol. The second-order valence-corrected chi connectivity index (χ2v) is 6.17. The summed E-state index contributed by atoms with van der Waals surface area (Å²) in [4.78, 5) is 37.9. The first-order chi connectivity index (χ1) is 12.5. The van der Waals surface area contributed by atoms with Gasteiger partial charge in [-0.15, -0.1) is 0 Å². The lowest BCUT2D eigenvalue weighted by molar-refractivity contribution is -0.121. The minimum absolute atomic E-state index is 0.170. The molecule has 0 unspecified atom stereocenters. The summed E-state index contributed by atoms with van der Waals surface area (Å²) in [6.07, 6.45) is 2.17. The molecule has 2 aromatic heterocycles. The number of rotatable bonds is 6. The van der Waals surface area contributed by atoms with Crippen molar-refractivity contribution in [2.24, 2.45) is 0 Å². The van der Waals surface area contributed by atoms with Crippen LogP contribution in [0.4, 0.5) is 0 Å². The molecule has 3 rings (SSSR count). The smallest absolute Gasteiger partial charge is 0.332 e. The molecule has 7 heteroatoms. The Morgan fingerprint density at radius 3 is 2.65 bits per heavy atom. The summed E-state index contributed by atoms with van der Waals surface area (Å²) in [7, 11) is 0. The quantitative estimate of drug-likeness (QED) is 0.733. The van der Waals surface area contributed by atoms with Gasteiger partial charge in [0.05, 0.1) is 23.7 Å². The van der Waals surface area contributed by atoms with Crippen LogP contribution < -0.4 is 16.6 Å². The van der Waals surface area contributed by atoms with Crippen LogP contribution >= 0.6 is 0 Å². The molecular weight excluding hydrogens is 334 g/mol. The summed E-state index contributed by atoms with van der Waals surface area (Å²) in [5.41, 5.74) is -0.349. The highest BCUT2D eigenvalue weighted by Crippen LogP contribution is 2.11. The minimum Gasteiger partial charge on any atom is -0.467 e. The maximum atomic E-state index is 12.9. The van der Waals surface area contributed by atoms with Gasteiger partial charge in [0.2, 0.25) is 5.91 Å². The topological polar surface area (TPSA) is 86.2 Å². The highest BCUT2D eigenvalue weighted by Gasteiger charge is 2.17. The van der Waals surface area contributed by atoms with Crippen LogP contribution in [0.2, 0.25) is 0 Å². The zero-order chi connectivity index (χ0) is 18.7. The zero-order valence-electron chi connectivity index (χ0n) is 14.8. The lowest BCUT2D eigenvalue weighted by Gasteiger charge is -2.17. The maximum absolute atomic E-state index is 12.9. The van der Waals surface area contributed by atoms with Crippen molar-refractivity contribution in [2.75, 3.05) is 0 Å². The molecule has 7 nitrogen and oxygen atoms in total. The third kappa shape index (κ3) is 3.33. The largest absolute Gasteiger partial charge is 0.467 e. The van der Waals surface area contributed by atoms with E-state index in [2.05, 4.69) is 5.32 Å². The highest BCUT2D eigenvalue weighted by molar-refractivity contribution is 5.81. The van der Waals surface area contributed by atoms with Crippen LogP contribution in [-0.2, 0) is 17.9 Å². The third-order valence-corrected chi connectivity index (χ3v) is 4.45. The van der Waals surface area contributed by atoms with Crippen molar-refractivity contribution in [3.05, 3.63) is 69.3 Å². The monoisotopic (exact) mass is 355 g/mol. The van der Waals surface area contributed by atoms with E-state index in [4.69, 9.17) is 4.42 Å². The number of carbonyl (C=O) groups excluding carboxylic acids is 1. The van der Waals surface area contributed by atoms with Crippen LogP contribution in [0.1, 0.15) is 32.1 Å². The molecule has 0 aliphatic heterocycles. The highest BCUT2D eigenvalue weighted by atomic mass is 16.3. The van der Waals surface area contributed by atoms with Crippen molar-refractivity contribution < 1.29 is 9.21 Å². The molecule has 1 aromatic carbocycles. The van der Waals surface area contributed by atoms with E-state index in [0.717, 1.165) is 0 Å². The lowest BCUT2D eigenvalue weighted by Crippen LogP contribution is -2.43. The number of fused-ring (bicyclic) bond motifs is 1. The summed E-state index contributed by atoms with van der Waals surface area (Å²) in [6.45, 7) is 3.80. The van der Waals surface area contributed by atoms with Crippen LogP contribution in [0.3, 0.4) is 0 Å². The first-order valence-corrected chi connectivity index (χ1v) is 8.56. The van der Waals surface area contributed by atoms with Gasteiger partial charge < -0.3 is 9.73 Å². The molecular formula is C19H21N3O4. The Kier molecular flexibility index (Phi) is 5.06. The molecule has 2 heterocycles. The van der Waals surface area contributed by atoms with Gasteiger partial charge in [0, 0.05) is 6.04 Å². The Hall–Kier alpha value is -3.09. The van der Waals surface area contributed by atoms with Crippen LogP contribution in [0.15, 0.2) is 56.7 Å². The molecule has 0 bridgehead atoms. The third-order valence-electron chi connectivity index (χ3n) is 4.45. The Bertz CT molecular complexity index is 1030. The maximum Gasteiger partial charge on any atom is 0.332 e. The fraction of sp³-hybridized carbons (Fsp3) is 0.316. The normalized spacial score (nSPS) is 12.2. The lowest BCUT2D eigenvalue weighted by atomic mass is 10.2. The summed E-state index contributed by atoms with van der Waals surface area (Å²) in [5.74, 6) is 0.295. The number of carbonyl (C=O) groups is 1. The van der Waals surface area contributed by atoms with Gasteiger partial charge in [0.15, 0.2) is 0 Å². The molecule has 0 aliphatic carbocycles. The average Bonchev–Trinajstić information content (AvgIpc) is 3.17. The molecule has 26 heavy (non-hydrogen) atoms. The standard InChI is InChI=1S/C19H21N3O4/c1-3-13(2)22-18(24)15-8-4-5-9-16(15)21(19(22)25)12-17(23)20-11-14-7-6-10-26-14/h4-10,13H,3,11-12H2,1-2H3,(H,20,23)/t13-/m0/s1. The summed E-state index contributed by atoms with van der Waals surface area (Å²) in [5, 5.41) is 3.15. The fourth-order valence-corrected chi connectivity index (χ4v) is 2.86. The molecule has 0 saturated heterocycles. The van der Waals surface area contributed by atoms with Crippen LogP contribution in [0.5, 0.6) is 0 Å². The van der Waals surface area contributed by atoms with Crippen molar-refractivity contribution in [1.29, 1.82) is 0 Å². The van der Waals surface area contributed by atoms with E-state index in [1.54, 1.807) is 36.4 Å². The van der Waals surface area contributed by atoms with Gasteiger partial charge in [-0.05, 0) is 37.6 Å². The number of hydrogen-bond donors (Lipinski definition) is 1. The van der Waals surface area contributed by atoms with Gasteiger partial charge in [-0.25, -0.2) is 4.79 Å². The van der Waals surface area contributed by atoms with E-state index in [1.807, 2.05) is 13.8 Å². The van der Waals surface area contributed by atoms with Crippen molar-refractivity contribution in [2.45, 2.75) is 39.4 Å². The average molecular weight is 355 g/mol.